The number of nitrogens with zero attached hydrogens (tertiary/aromatic N) is 3. The number of aliphatic imine (C=N–C) groups is 1. The van der Waals surface area contributed by atoms with Gasteiger partial charge >= 0.3 is 0 Å². The van der Waals surface area contributed by atoms with Crippen LogP contribution in [0.5, 0.6) is 0 Å². The molecule has 2 heterocycles. The van der Waals surface area contributed by atoms with Gasteiger partial charge in [-0.25, -0.2) is 0 Å². The van der Waals surface area contributed by atoms with Crippen LogP contribution < -0.4 is 5.32 Å². The second-order valence-electron chi connectivity index (χ2n) is 7.82. The van der Waals surface area contributed by atoms with Gasteiger partial charge in [0, 0.05) is 43.4 Å². The Morgan fingerprint density at radius 2 is 1.96 bits per heavy atom. The number of piperidine rings is 1. The molecule has 2 unspecified atom stereocenters. The summed E-state index contributed by atoms with van der Waals surface area (Å²) in [6, 6.07) is 10.8. The van der Waals surface area contributed by atoms with Crippen molar-refractivity contribution in [1.82, 2.24) is 15.1 Å². The maximum atomic E-state index is 5.04. The minimum Gasteiger partial charge on any atom is -0.357 e. The molecule has 2 atom stereocenters. The van der Waals surface area contributed by atoms with Gasteiger partial charge in [0.2, 0.25) is 0 Å². The van der Waals surface area contributed by atoms with Crippen LogP contribution in [0.3, 0.4) is 0 Å². The van der Waals surface area contributed by atoms with Gasteiger partial charge in [-0.05, 0) is 63.2 Å². The van der Waals surface area contributed by atoms with E-state index in [0.717, 1.165) is 44.0 Å². The molecule has 0 amide bonds. The molecule has 150 valence electrons. The Morgan fingerprint density at radius 1 is 1.11 bits per heavy atom. The van der Waals surface area contributed by atoms with E-state index in [-0.39, 0.29) is 0 Å². The summed E-state index contributed by atoms with van der Waals surface area (Å²) >= 11 is 1.99. The predicted molar refractivity (Wildman–Crippen MR) is 118 cm³/mol. The van der Waals surface area contributed by atoms with Crippen molar-refractivity contribution < 1.29 is 0 Å². The molecule has 1 N–H and O–H groups in total. The zero-order chi connectivity index (χ0) is 18.9. The third-order valence-corrected chi connectivity index (χ3v) is 6.94. The number of likely N-dealkylation sites (tertiary alicyclic amines) is 2. The van der Waals surface area contributed by atoms with Crippen LogP contribution in [0.2, 0.25) is 0 Å². The van der Waals surface area contributed by atoms with E-state index < -0.39 is 0 Å². The molecule has 0 spiro atoms. The summed E-state index contributed by atoms with van der Waals surface area (Å²) < 4.78 is 0. The summed E-state index contributed by atoms with van der Waals surface area (Å²) in [5.41, 5.74) is 0. The van der Waals surface area contributed by atoms with Gasteiger partial charge in [0.15, 0.2) is 5.96 Å². The Kier molecular flexibility index (Phi) is 8.34. The van der Waals surface area contributed by atoms with E-state index in [1.165, 1.54) is 49.5 Å². The molecule has 4 nitrogen and oxygen atoms in total. The van der Waals surface area contributed by atoms with Crippen molar-refractivity contribution in [1.29, 1.82) is 0 Å². The topological polar surface area (TPSA) is 30.9 Å². The number of benzene rings is 1. The molecule has 0 radical (unpaired) electrons. The lowest BCUT2D eigenvalue weighted by atomic mass is 9.98. The lowest BCUT2D eigenvalue weighted by molar-refractivity contribution is 0.186. The first-order chi connectivity index (χ1) is 13.3. The van der Waals surface area contributed by atoms with Crippen LogP contribution in [0, 0.1) is 11.8 Å². The van der Waals surface area contributed by atoms with Gasteiger partial charge in [0.05, 0.1) is 0 Å². The number of guanidine groups is 1. The Bertz CT molecular complexity index is 577. The van der Waals surface area contributed by atoms with E-state index in [0.29, 0.717) is 0 Å². The van der Waals surface area contributed by atoms with E-state index >= 15 is 0 Å². The lowest BCUT2D eigenvalue weighted by Gasteiger charge is -2.31. The smallest absolute Gasteiger partial charge is 0.193 e. The molecular formula is C22H36N4S. The fraction of sp³-hybridized carbons (Fsp3) is 0.682. The highest BCUT2D eigenvalue weighted by atomic mass is 32.2. The zero-order valence-electron chi connectivity index (χ0n) is 17.1. The number of hydrogen-bond donors (Lipinski definition) is 1. The van der Waals surface area contributed by atoms with E-state index in [1.807, 2.05) is 11.8 Å². The summed E-state index contributed by atoms with van der Waals surface area (Å²) in [5, 5.41) is 3.54. The molecule has 5 heteroatoms. The van der Waals surface area contributed by atoms with Crippen LogP contribution in [-0.4, -0.2) is 67.3 Å². The summed E-state index contributed by atoms with van der Waals surface area (Å²) in [5.74, 6) is 3.82. The molecule has 2 saturated heterocycles. The Balaban J connectivity index is 1.49. The second-order valence-corrected chi connectivity index (χ2v) is 8.91. The van der Waals surface area contributed by atoms with Crippen molar-refractivity contribution in [2.75, 3.05) is 51.6 Å². The fourth-order valence-corrected chi connectivity index (χ4v) is 5.17. The molecule has 0 aromatic heterocycles. The lowest BCUT2D eigenvalue weighted by Crippen LogP contribution is -2.41. The number of rotatable bonds is 7. The summed E-state index contributed by atoms with van der Waals surface area (Å²) in [4.78, 5) is 11.5. The molecule has 3 rings (SSSR count). The van der Waals surface area contributed by atoms with E-state index in [9.17, 15) is 0 Å². The first-order valence-electron chi connectivity index (χ1n) is 10.7. The van der Waals surface area contributed by atoms with Crippen LogP contribution >= 0.6 is 11.8 Å². The molecule has 0 bridgehead atoms. The van der Waals surface area contributed by atoms with Crippen molar-refractivity contribution in [3.05, 3.63) is 30.3 Å². The summed E-state index contributed by atoms with van der Waals surface area (Å²) in [6.45, 7) is 12.3. The fourth-order valence-electron chi connectivity index (χ4n) is 4.12. The van der Waals surface area contributed by atoms with Gasteiger partial charge in [-0.1, -0.05) is 25.1 Å². The molecule has 0 aliphatic carbocycles. The van der Waals surface area contributed by atoms with Gasteiger partial charge in [-0.3, -0.25) is 4.99 Å². The normalized spacial score (nSPS) is 24.4. The van der Waals surface area contributed by atoms with Gasteiger partial charge in [-0.15, -0.1) is 11.8 Å². The number of nitrogens with one attached hydrogen (secondary N) is 1. The second kappa shape index (κ2) is 11.0. The average molecular weight is 389 g/mol. The summed E-state index contributed by atoms with van der Waals surface area (Å²) in [6.07, 6.45) is 3.93. The van der Waals surface area contributed by atoms with Crippen molar-refractivity contribution in [2.45, 2.75) is 38.0 Å². The average Bonchev–Trinajstić information content (AvgIpc) is 3.19. The SMILES string of the molecule is CCNC(=NCC1CCCN(CC)C1)N1CCC(CSc2ccccc2)C1. The zero-order valence-corrected chi connectivity index (χ0v) is 17.9. The van der Waals surface area contributed by atoms with E-state index in [1.54, 1.807) is 0 Å². The number of thioether (sulfide) groups is 1. The van der Waals surface area contributed by atoms with E-state index in [2.05, 4.69) is 59.3 Å². The minimum absolute atomic E-state index is 0.722. The van der Waals surface area contributed by atoms with Gasteiger partial charge in [0.1, 0.15) is 0 Å². The van der Waals surface area contributed by atoms with Crippen molar-refractivity contribution in [3.8, 4) is 0 Å². The maximum Gasteiger partial charge on any atom is 0.193 e. The third-order valence-electron chi connectivity index (χ3n) is 5.70. The van der Waals surface area contributed by atoms with E-state index in [4.69, 9.17) is 4.99 Å². The molecule has 2 aliphatic heterocycles. The Hall–Kier alpha value is -1.20. The standard InChI is InChI=1S/C22H36N4S/c1-3-23-22(24-15-19-9-8-13-25(4-2)16-19)26-14-12-20(17-26)18-27-21-10-6-5-7-11-21/h5-7,10-11,19-20H,3-4,8-9,12-18H2,1-2H3,(H,23,24). The monoisotopic (exact) mass is 388 g/mol. The maximum absolute atomic E-state index is 5.04. The molecule has 2 aliphatic rings. The van der Waals surface area contributed by atoms with Crippen molar-refractivity contribution >= 4 is 17.7 Å². The minimum atomic E-state index is 0.722. The van der Waals surface area contributed by atoms with Gasteiger partial charge < -0.3 is 15.1 Å². The quantitative estimate of drug-likeness (QED) is 0.437. The highest BCUT2D eigenvalue weighted by Gasteiger charge is 2.25. The Morgan fingerprint density at radius 3 is 2.74 bits per heavy atom. The van der Waals surface area contributed by atoms with Crippen LogP contribution in [0.1, 0.15) is 33.1 Å². The van der Waals surface area contributed by atoms with Crippen LogP contribution in [0.25, 0.3) is 0 Å². The molecule has 1 aromatic rings. The molecule has 0 saturated carbocycles. The van der Waals surface area contributed by atoms with Crippen LogP contribution in [0.15, 0.2) is 40.2 Å². The Labute approximate surface area is 169 Å². The highest BCUT2D eigenvalue weighted by molar-refractivity contribution is 7.99. The first kappa shape index (κ1) is 20.5. The van der Waals surface area contributed by atoms with Gasteiger partial charge in [0.25, 0.3) is 0 Å². The first-order valence-corrected chi connectivity index (χ1v) is 11.7. The van der Waals surface area contributed by atoms with Crippen molar-refractivity contribution in [2.24, 2.45) is 16.8 Å². The third kappa shape index (κ3) is 6.42. The van der Waals surface area contributed by atoms with Crippen LogP contribution in [-0.2, 0) is 0 Å². The highest BCUT2D eigenvalue weighted by Crippen LogP contribution is 2.26. The molecule has 2 fully saturated rings. The van der Waals surface area contributed by atoms with Crippen molar-refractivity contribution in [3.63, 3.8) is 0 Å². The van der Waals surface area contributed by atoms with Gasteiger partial charge in [-0.2, -0.15) is 0 Å². The molecule has 1 aromatic carbocycles. The number of hydrogen-bond acceptors (Lipinski definition) is 3. The van der Waals surface area contributed by atoms with Crippen LogP contribution in [0.4, 0.5) is 0 Å². The predicted octanol–water partition coefficient (Wildman–Crippen LogP) is 3.80. The molecular weight excluding hydrogens is 352 g/mol. The molecule has 27 heavy (non-hydrogen) atoms. The summed E-state index contributed by atoms with van der Waals surface area (Å²) in [7, 11) is 0. The largest absolute Gasteiger partial charge is 0.357 e.